The predicted octanol–water partition coefficient (Wildman–Crippen LogP) is 3.18. The fourth-order valence-electron chi connectivity index (χ4n) is 4.08. The predicted molar refractivity (Wildman–Crippen MR) is 122 cm³/mol. The zero-order valence-electron chi connectivity index (χ0n) is 18.1. The number of anilines is 2. The zero-order valence-corrected chi connectivity index (χ0v) is 18.1. The topological polar surface area (TPSA) is 130 Å². The van der Waals surface area contributed by atoms with Crippen LogP contribution in [0.4, 0.5) is 11.6 Å². The molecule has 0 aliphatic heterocycles. The number of hydrogen-bond acceptors (Lipinski definition) is 9. The lowest BCUT2D eigenvalue weighted by atomic mass is 10.1. The molecule has 1 aliphatic carbocycles. The number of nitrogens with one attached hydrogen (secondary N) is 1. The van der Waals surface area contributed by atoms with Gasteiger partial charge >= 0.3 is 0 Å². The van der Waals surface area contributed by atoms with E-state index in [-0.39, 0.29) is 0 Å². The minimum absolute atomic E-state index is 0.367. The van der Waals surface area contributed by atoms with Crippen LogP contribution >= 0.6 is 0 Å². The van der Waals surface area contributed by atoms with Crippen LogP contribution < -0.4 is 15.8 Å². The van der Waals surface area contributed by atoms with E-state index < -0.39 is 0 Å². The fraction of sp³-hybridized carbons (Fsp3) is 0.364. The summed E-state index contributed by atoms with van der Waals surface area (Å²) in [5.74, 6) is 2.25. The van der Waals surface area contributed by atoms with Crippen molar-refractivity contribution in [1.29, 1.82) is 0 Å². The second-order valence-electron chi connectivity index (χ2n) is 7.84. The van der Waals surface area contributed by atoms with Crippen molar-refractivity contribution in [3.05, 3.63) is 36.7 Å². The Morgan fingerprint density at radius 2 is 1.97 bits per heavy atom. The summed E-state index contributed by atoms with van der Waals surface area (Å²) in [7, 11) is 1.56. The first-order chi connectivity index (χ1) is 15.7. The number of ether oxygens (including phenoxy) is 1. The molecule has 4 aromatic heterocycles. The maximum absolute atomic E-state index is 6.18. The van der Waals surface area contributed by atoms with Crippen molar-refractivity contribution in [2.24, 2.45) is 0 Å². The molecule has 0 aromatic carbocycles. The molecule has 1 saturated carbocycles. The van der Waals surface area contributed by atoms with E-state index in [9.17, 15) is 0 Å². The Morgan fingerprint density at radius 3 is 2.75 bits per heavy atom. The standard InChI is InChI=1S/C22H25N9O/c1-3-16-22(28-14-6-4-5-7-14)30-19-15(10-24-21(23)20(19)29-16)13-9-27-31(11-13)17-8-18(32-2)26-12-25-17/h8-12,14H,3-7H2,1-2H3,(H2,23,24)(H,28,30). The summed E-state index contributed by atoms with van der Waals surface area (Å²) in [6.45, 7) is 2.07. The minimum atomic E-state index is 0.367. The molecule has 0 atom stereocenters. The van der Waals surface area contributed by atoms with Crippen molar-refractivity contribution in [3.8, 4) is 22.8 Å². The van der Waals surface area contributed by atoms with Crippen molar-refractivity contribution >= 4 is 22.7 Å². The molecule has 1 aliphatic rings. The molecule has 164 valence electrons. The number of nitrogens with two attached hydrogens (primary N) is 1. The molecule has 3 N–H and O–H groups in total. The molecule has 0 spiro atoms. The summed E-state index contributed by atoms with van der Waals surface area (Å²) < 4.78 is 6.85. The van der Waals surface area contributed by atoms with Crippen LogP contribution in [0.5, 0.6) is 5.88 Å². The largest absolute Gasteiger partial charge is 0.481 e. The summed E-state index contributed by atoms with van der Waals surface area (Å²) in [5.41, 5.74) is 10.0. The summed E-state index contributed by atoms with van der Waals surface area (Å²) in [6, 6.07) is 2.15. The Morgan fingerprint density at radius 1 is 1.12 bits per heavy atom. The normalized spacial score (nSPS) is 14.2. The third-order valence-electron chi connectivity index (χ3n) is 5.79. The van der Waals surface area contributed by atoms with Gasteiger partial charge in [0.05, 0.1) is 19.0 Å². The first-order valence-electron chi connectivity index (χ1n) is 10.8. The number of nitrogen functional groups attached to an aromatic ring is 1. The zero-order chi connectivity index (χ0) is 22.1. The van der Waals surface area contributed by atoms with E-state index in [1.807, 2.05) is 6.20 Å². The van der Waals surface area contributed by atoms with Crippen molar-refractivity contribution in [1.82, 2.24) is 34.7 Å². The molecule has 0 amide bonds. The summed E-state index contributed by atoms with van der Waals surface area (Å²) in [5, 5.41) is 8.06. The van der Waals surface area contributed by atoms with Crippen LogP contribution in [0.3, 0.4) is 0 Å². The van der Waals surface area contributed by atoms with Gasteiger partial charge in [0.15, 0.2) is 11.6 Å². The second-order valence-corrected chi connectivity index (χ2v) is 7.84. The molecule has 0 unspecified atom stereocenters. The highest BCUT2D eigenvalue weighted by atomic mass is 16.5. The van der Waals surface area contributed by atoms with Crippen molar-refractivity contribution in [2.45, 2.75) is 45.1 Å². The SMILES string of the molecule is CCc1nc2c(N)ncc(-c3cnn(-c4cc(OC)ncn4)c3)c2nc1NC1CCCC1. The molecule has 4 aromatic rings. The van der Waals surface area contributed by atoms with Gasteiger partial charge in [0, 0.05) is 35.6 Å². The van der Waals surface area contributed by atoms with Gasteiger partial charge in [-0.2, -0.15) is 5.10 Å². The Bertz CT molecular complexity index is 1260. The molecule has 10 heteroatoms. The number of aryl methyl sites for hydroxylation is 1. The van der Waals surface area contributed by atoms with Crippen LogP contribution in [0.1, 0.15) is 38.3 Å². The van der Waals surface area contributed by atoms with Crippen LogP contribution in [-0.4, -0.2) is 47.9 Å². The van der Waals surface area contributed by atoms with E-state index >= 15 is 0 Å². The second kappa shape index (κ2) is 8.37. The number of nitrogens with zero attached hydrogens (tertiary/aromatic N) is 7. The van der Waals surface area contributed by atoms with E-state index in [1.54, 1.807) is 30.3 Å². The van der Waals surface area contributed by atoms with E-state index in [4.69, 9.17) is 20.4 Å². The monoisotopic (exact) mass is 431 g/mol. The number of fused-ring (bicyclic) bond motifs is 1. The molecule has 0 saturated heterocycles. The molecule has 0 bridgehead atoms. The Labute approximate surface area is 185 Å². The highest BCUT2D eigenvalue weighted by Gasteiger charge is 2.20. The van der Waals surface area contributed by atoms with Gasteiger partial charge in [0.1, 0.15) is 23.2 Å². The number of pyridine rings is 1. The van der Waals surface area contributed by atoms with Gasteiger partial charge < -0.3 is 15.8 Å². The van der Waals surface area contributed by atoms with Gasteiger partial charge in [-0.3, -0.25) is 0 Å². The highest BCUT2D eigenvalue weighted by Crippen LogP contribution is 2.32. The van der Waals surface area contributed by atoms with Gasteiger partial charge in [0.25, 0.3) is 0 Å². The number of methoxy groups -OCH3 is 1. The van der Waals surface area contributed by atoms with Gasteiger partial charge in [0.2, 0.25) is 5.88 Å². The average molecular weight is 432 g/mol. The Hall–Kier alpha value is -3.82. The summed E-state index contributed by atoms with van der Waals surface area (Å²) >= 11 is 0. The average Bonchev–Trinajstić information content (AvgIpc) is 3.52. The maximum atomic E-state index is 6.18. The fourth-order valence-corrected chi connectivity index (χ4v) is 4.08. The lowest BCUT2D eigenvalue weighted by Gasteiger charge is -2.17. The van der Waals surface area contributed by atoms with E-state index in [0.717, 1.165) is 41.9 Å². The molecular formula is C22H25N9O. The quantitative estimate of drug-likeness (QED) is 0.473. The summed E-state index contributed by atoms with van der Waals surface area (Å²) in [4.78, 5) is 22.5. The molecule has 5 rings (SSSR count). The maximum Gasteiger partial charge on any atom is 0.218 e. The van der Waals surface area contributed by atoms with Crippen LogP contribution in [-0.2, 0) is 6.42 Å². The molecule has 32 heavy (non-hydrogen) atoms. The van der Waals surface area contributed by atoms with E-state index in [2.05, 4.69) is 32.3 Å². The van der Waals surface area contributed by atoms with Gasteiger partial charge in [-0.1, -0.05) is 19.8 Å². The Balaban J connectivity index is 1.59. The molecular weight excluding hydrogens is 406 g/mol. The lowest BCUT2D eigenvalue weighted by Crippen LogP contribution is -2.18. The van der Waals surface area contributed by atoms with Crippen molar-refractivity contribution in [3.63, 3.8) is 0 Å². The van der Waals surface area contributed by atoms with Crippen LogP contribution in [0.15, 0.2) is 31.0 Å². The van der Waals surface area contributed by atoms with Crippen molar-refractivity contribution < 1.29 is 4.74 Å². The molecule has 0 radical (unpaired) electrons. The van der Waals surface area contributed by atoms with Crippen LogP contribution in [0.2, 0.25) is 0 Å². The van der Waals surface area contributed by atoms with E-state index in [1.165, 1.54) is 19.2 Å². The van der Waals surface area contributed by atoms with Gasteiger partial charge in [-0.15, -0.1) is 0 Å². The first kappa shape index (κ1) is 20.1. The third-order valence-corrected chi connectivity index (χ3v) is 5.79. The number of hydrogen-bond donors (Lipinski definition) is 2. The third kappa shape index (κ3) is 3.68. The van der Waals surface area contributed by atoms with Crippen molar-refractivity contribution in [2.75, 3.05) is 18.2 Å². The smallest absolute Gasteiger partial charge is 0.218 e. The number of aromatic nitrogens is 7. The highest BCUT2D eigenvalue weighted by molar-refractivity contribution is 5.96. The first-order valence-corrected chi connectivity index (χ1v) is 10.8. The molecule has 1 fully saturated rings. The van der Waals surface area contributed by atoms with Crippen LogP contribution in [0, 0.1) is 0 Å². The molecule has 10 nitrogen and oxygen atoms in total. The van der Waals surface area contributed by atoms with Gasteiger partial charge in [-0.05, 0) is 19.3 Å². The molecule has 4 heterocycles. The Kier molecular flexibility index (Phi) is 5.26. The number of rotatable bonds is 6. The van der Waals surface area contributed by atoms with E-state index in [0.29, 0.717) is 34.6 Å². The summed E-state index contributed by atoms with van der Waals surface area (Å²) in [6.07, 6.45) is 12.3. The lowest BCUT2D eigenvalue weighted by molar-refractivity contribution is 0.396. The van der Waals surface area contributed by atoms with Gasteiger partial charge in [-0.25, -0.2) is 29.6 Å². The van der Waals surface area contributed by atoms with Crippen LogP contribution in [0.25, 0.3) is 28.0 Å². The minimum Gasteiger partial charge on any atom is -0.481 e.